The smallest absolute Gasteiger partial charge is 0.172 e. The highest BCUT2D eigenvalue weighted by Gasteiger charge is 2.28. The van der Waals surface area contributed by atoms with Crippen molar-refractivity contribution in [1.29, 1.82) is 0 Å². The summed E-state index contributed by atoms with van der Waals surface area (Å²) in [5, 5.41) is 10.6. The summed E-state index contributed by atoms with van der Waals surface area (Å²) in [5.41, 5.74) is 2.40. The first-order chi connectivity index (χ1) is 18.1. The molecule has 0 saturated carbocycles. The molecule has 7 rings (SSSR count). The van der Waals surface area contributed by atoms with Crippen molar-refractivity contribution in [1.82, 2.24) is 34.9 Å². The third-order valence-corrected chi connectivity index (χ3v) is 6.62. The average molecular weight is 500 g/mol. The number of halogens is 1. The number of fused-ring (bicyclic) bond motifs is 6. The van der Waals surface area contributed by atoms with Gasteiger partial charge in [0.1, 0.15) is 36.3 Å². The van der Waals surface area contributed by atoms with Crippen molar-refractivity contribution in [2.24, 2.45) is 0 Å². The lowest BCUT2D eigenvalue weighted by Crippen LogP contribution is -2.51. The highest BCUT2D eigenvalue weighted by atomic mass is 19.1. The van der Waals surface area contributed by atoms with Crippen LogP contribution >= 0.6 is 0 Å². The Kier molecular flexibility index (Phi) is 4.99. The van der Waals surface area contributed by atoms with Gasteiger partial charge < -0.3 is 25.0 Å². The van der Waals surface area contributed by atoms with Crippen molar-refractivity contribution in [3.05, 3.63) is 60.6 Å². The average Bonchev–Trinajstić information content (AvgIpc) is 3.35. The Morgan fingerprint density at radius 1 is 1.16 bits per heavy atom. The summed E-state index contributed by atoms with van der Waals surface area (Å²) in [7, 11) is 0. The minimum atomic E-state index is -0.448. The number of aromatic nitrogens is 6. The number of benzene rings is 1. The van der Waals surface area contributed by atoms with Gasteiger partial charge in [-0.25, -0.2) is 28.8 Å². The molecule has 4 aromatic heterocycles. The number of hydrogen-bond acceptors (Lipinski definition) is 10. The molecule has 2 bridgehead atoms. The van der Waals surface area contributed by atoms with Crippen LogP contribution in [0.15, 0.2) is 49.2 Å². The number of ether oxygens (including phenoxy) is 2. The molecule has 0 aliphatic carbocycles. The molecule has 12 heteroatoms. The van der Waals surface area contributed by atoms with Crippen molar-refractivity contribution < 1.29 is 13.9 Å². The van der Waals surface area contributed by atoms with E-state index in [0.717, 1.165) is 25.5 Å². The lowest BCUT2D eigenvalue weighted by Gasteiger charge is -2.31. The Hall–Kier alpha value is -4.58. The second kappa shape index (κ2) is 8.52. The van der Waals surface area contributed by atoms with E-state index in [0.29, 0.717) is 51.9 Å². The minimum absolute atomic E-state index is 0.242. The number of nitrogens with one attached hydrogen (secondary N) is 2. The summed E-state index contributed by atoms with van der Waals surface area (Å²) in [6.07, 6.45) is 4.62. The van der Waals surface area contributed by atoms with Crippen LogP contribution in [-0.2, 0) is 0 Å². The van der Waals surface area contributed by atoms with Gasteiger partial charge in [-0.05, 0) is 25.1 Å². The van der Waals surface area contributed by atoms with Crippen molar-refractivity contribution in [2.45, 2.75) is 13.0 Å². The zero-order chi connectivity index (χ0) is 24.9. The van der Waals surface area contributed by atoms with E-state index >= 15 is 4.39 Å². The van der Waals surface area contributed by atoms with Gasteiger partial charge in [0.2, 0.25) is 0 Å². The third-order valence-electron chi connectivity index (χ3n) is 6.62. The first-order valence-corrected chi connectivity index (χ1v) is 11.9. The molecule has 37 heavy (non-hydrogen) atoms. The SMILES string of the molecule is Cc1c(Oc2ccn3ncnc3c2)ccc(Nc2ncnc3cc4c(nc23)N2CCNC(CO4)C2)c1F. The summed E-state index contributed by atoms with van der Waals surface area (Å²) in [6.45, 7) is 4.72. The number of hydrogen-bond donors (Lipinski definition) is 2. The van der Waals surface area contributed by atoms with Gasteiger partial charge in [-0.3, -0.25) is 0 Å². The zero-order valence-electron chi connectivity index (χ0n) is 19.8. The number of anilines is 3. The first kappa shape index (κ1) is 21.7. The molecule has 1 saturated heterocycles. The Labute approximate surface area is 210 Å². The zero-order valence-corrected chi connectivity index (χ0v) is 19.8. The highest BCUT2D eigenvalue weighted by Crippen LogP contribution is 2.36. The number of pyridine rings is 2. The van der Waals surface area contributed by atoms with Gasteiger partial charge in [-0.2, -0.15) is 5.10 Å². The van der Waals surface area contributed by atoms with Crippen LogP contribution in [0.25, 0.3) is 16.7 Å². The summed E-state index contributed by atoms with van der Waals surface area (Å²) in [6, 6.07) is 8.93. The van der Waals surface area contributed by atoms with Crippen LogP contribution in [0.3, 0.4) is 0 Å². The maximum Gasteiger partial charge on any atom is 0.172 e. The molecular weight excluding hydrogens is 477 g/mol. The van der Waals surface area contributed by atoms with Crippen LogP contribution in [0.1, 0.15) is 5.56 Å². The number of nitrogens with zero attached hydrogens (tertiary/aromatic N) is 7. The van der Waals surface area contributed by atoms with Crippen LogP contribution < -0.4 is 25.0 Å². The van der Waals surface area contributed by atoms with Crippen molar-refractivity contribution in [3.63, 3.8) is 0 Å². The Bertz CT molecular complexity index is 1660. The Morgan fingerprint density at radius 2 is 2.11 bits per heavy atom. The van der Waals surface area contributed by atoms with E-state index < -0.39 is 5.82 Å². The molecule has 2 aliphatic heterocycles. The van der Waals surface area contributed by atoms with Crippen LogP contribution in [0.2, 0.25) is 0 Å². The quantitative estimate of drug-likeness (QED) is 0.382. The largest absolute Gasteiger partial charge is 0.488 e. The molecule has 2 aliphatic rings. The van der Waals surface area contributed by atoms with Gasteiger partial charge in [0, 0.05) is 43.5 Å². The van der Waals surface area contributed by atoms with E-state index in [1.807, 2.05) is 6.07 Å². The summed E-state index contributed by atoms with van der Waals surface area (Å²) in [5.74, 6) is 2.33. The maximum absolute atomic E-state index is 15.5. The highest BCUT2D eigenvalue weighted by molar-refractivity contribution is 5.90. The molecule has 0 amide bonds. The molecule has 186 valence electrons. The molecule has 2 N–H and O–H groups in total. The van der Waals surface area contributed by atoms with E-state index in [1.165, 1.54) is 12.7 Å². The van der Waals surface area contributed by atoms with E-state index in [-0.39, 0.29) is 11.7 Å². The van der Waals surface area contributed by atoms with Crippen molar-refractivity contribution in [2.75, 3.05) is 36.5 Å². The molecule has 0 radical (unpaired) electrons. The second-order valence-corrected chi connectivity index (χ2v) is 9.01. The second-order valence-electron chi connectivity index (χ2n) is 9.01. The standard InChI is InChI=1S/C25H22FN9O2/c1-14-19(37-16-4-6-35-21(8-16)29-13-31-35)3-2-17(22(14)26)32-24-23-18(28-12-30-24)9-20-25(33-23)34-7-5-27-15(10-34)11-36-20/h2-4,6,8-9,12-13,15,27H,5,7,10-11H2,1H3,(H,28,30,32). The predicted octanol–water partition coefficient (Wildman–Crippen LogP) is 3.22. The molecule has 1 unspecified atom stereocenters. The molecule has 1 fully saturated rings. The fourth-order valence-electron chi connectivity index (χ4n) is 4.69. The molecule has 6 heterocycles. The van der Waals surface area contributed by atoms with E-state index in [2.05, 4.69) is 35.6 Å². The fraction of sp³-hybridized carbons (Fsp3) is 0.240. The van der Waals surface area contributed by atoms with Gasteiger partial charge in [0.15, 0.2) is 28.8 Å². The van der Waals surface area contributed by atoms with Gasteiger partial charge in [-0.1, -0.05) is 0 Å². The molecular formula is C25H22FN9O2. The van der Waals surface area contributed by atoms with E-state index in [1.54, 1.807) is 41.9 Å². The molecule has 0 spiro atoms. The van der Waals surface area contributed by atoms with Crippen molar-refractivity contribution in [3.8, 4) is 17.2 Å². The van der Waals surface area contributed by atoms with Gasteiger partial charge in [0.05, 0.1) is 17.2 Å². The summed E-state index contributed by atoms with van der Waals surface area (Å²) < 4.78 is 29.1. The minimum Gasteiger partial charge on any atom is -0.488 e. The van der Waals surface area contributed by atoms with Gasteiger partial charge >= 0.3 is 0 Å². The number of piperazine rings is 1. The molecule has 1 atom stereocenters. The third kappa shape index (κ3) is 3.82. The lowest BCUT2D eigenvalue weighted by atomic mass is 10.1. The van der Waals surface area contributed by atoms with Gasteiger partial charge in [-0.15, -0.1) is 0 Å². The normalized spacial score (nSPS) is 16.8. The van der Waals surface area contributed by atoms with Crippen LogP contribution in [0, 0.1) is 12.7 Å². The van der Waals surface area contributed by atoms with E-state index in [4.69, 9.17) is 14.5 Å². The molecule has 1 aromatic carbocycles. The fourth-order valence-corrected chi connectivity index (χ4v) is 4.69. The van der Waals surface area contributed by atoms with Crippen LogP contribution in [-0.4, -0.2) is 61.8 Å². The Morgan fingerprint density at radius 3 is 3.05 bits per heavy atom. The van der Waals surface area contributed by atoms with Crippen LogP contribution in [0.5, 0.6) is 17.2 Å². The summed E-state index contributed by atoms with van der Waals surface area (Å²) in [4.78, 5) is 20.0. The number of rotatable bonds is 4. The van der Waals surface area contributed by atoms with E-state index in [9.17, 15) is 0 Å². The van der Waals surface area contributed by atoms with Gasteiger partial charge in [0.25, 0.3) is 0 Å². The summed E-state index contributed by atoms with van der Waals surface area (Å²) >= 11 is 0. The topological polar surface area (TPSA) is 115 Å². The predicted molar refractivity (Wildman–Crippen MR) is 134 cm³/mol. The van der Waals surface area contributed by atoms with Crippen LogP contribution in [0.4, 0.5) is 21.7 Å². The van der Waals surface area contributed by atoms with Crippen molar-refractivity contribution >= 4 is 34.0 Å². The molecule has 5 aromatic rings. The lowest BCUT2D eigenvalue weighted by molar-refractivity contribution is 0.271. The molecule has 11 nitrogen and oxygen atoms in total. The monoisotopic (exact) mass is 499 g/mol. The Balaban J connectivity index is 1.21. The maximum atomic E-state index is 15.5. The first-order valence-electron chi connectivity index (χ1n) is 11.9.